The van der Waals surface area contributed by atoms with Crippen LogP contribution in [0.5, 0.6) is 0 Å². The average molecular weight is 445 g/mol. The SMILES string of the molecule is Cc1nc2c(C=Cc3ccccc3)c(-c3ccccc3Cl)nn2c(=O)n1CC(F)(F)F. The van der Waals surface area contributed by atoms with Crippen molar-refractivity contribution < 1.29 is 13.2 Å². The Hall–Kier alpha value is -3.39. The van der Waals surface area contributed by atoms with E-state index in [1.165, 1.54) is 6.92 Å². The van der Waals surface area contributed by atoms with E-state index in [-0.39, 0.29) is 11.5 Å². The van der Waals surface area contributed by atoms with Crippen molar-refractivity contribution in [1.29, 1.82) is 0 Å². The van der Waals surface area contributed by atoms with Crippen LogP contribution in [0.1, 0.15) is 17.0 Å². The van der Waals surface area contributed by atoms with E-state index in [0.717, 1.165) is 10.1 Å². The van der Waals surface area contributed by atoms with Crippen LogP contribution in [0.2, 0.25) is 5.02 Å². The summed E-state index contributed by atoms with van der Waals surface area (Å²) < 4.78 is 40.3. The highest BCUT2D eigenvalue weighted by Gasteiger charge is 2.30. The number of nitrogens with zero attached hydrogens (tertiary/aromatic N) is 4. The molecule has 0 bridgehead atoms. The summed E-state index contributed by atoms with van der Waals surface area (Å²) in [6, 6.07) is 16.3. The van der Waals surface area contributed by atoms with Crippen LogP contribution in [0.3, 0.4) is 0 Å². The summed E-state index contributed by atoms with van der Waals surface area (Å²) in [6.07, 6.45) is -1.02. The molecule has 0 saturated heterocycles. The summed E-state index contributed by atoms with van der Waals surface area (Å²) in [6.45, 7) is -0.0862. The summed E-state index contributed by atoms with van der Waals surface area (Å²) in [5.41, 5.74) is 1.51. The zero-order chi connectivity index (χ0) is 22.2. The van der Waals surface area contributed by atoms with Crippen molar-refractivity contribution in [2.45, 2.75) is 19.6 Å². The summed E-state index contributed by atoms with van der Waals surface area (Å²) >= 11 is 6.34. The normalized spacial score (nSPS) is 12.2. The molecule has 0 aliphatic carbocycles. The Morgan fingerprint density at radius 3 is 2.39 bits per heavy atom. The van der Waals surface area contributed by atoms with E-state index in [4.69, 9.17) is 11.6 Å². The van der Waals surface area contributed by atoms with E-state index in [0.29, 0.717) is 26.4 Å². The van der Waals surface area contributed by atoms with Gasteiger partial charge in [0.05, 0.1) is 5.02 Å². The summed E-state index contributed by atoms with van der Waals surface area (Å²) in [4.78, 5) is 17.1. The van der Waals surface area contributed by atoms with E-state index in [1.807, 2.05) is 36.4 Å². The number of rotatable bonds is 4. The van der Waals surface area contributed by atoms with Crippen molar-refractivity contribution in [3.63, 3.8) is 0 Å². The molecule has 0 amide bonds. The maximum Gasteiger partial charge on any atom is 0.406 e. The molecule has 0 aliphatic rings. The molecule has 0 radical (unpaired) electrons. The second-order valence-corrected chi connectivity index (χ2v) is 7.27. The number of hydrogen-bond donors (Lipinski definition) is 0. The maximum absolute atomic E-state index is 13.0. The molecule has 31 heavy (non-hydrogen) atoms. The van der Waals surface area contributed by atoms with Gasteiger partial charge in [-0.05, 0) is 24.6 Å². The van der Waals surface area contributed by atoms with E-state index in [2.05, 4.69) is 10.1 Å². The Balaban J connectivity index is 1.99. The van der Waals surface area contributed by atoms with Crippen LogP contribution in [-0.2, 0) is 6.54 Å². The minimum absolute atomic E-state index is 0.0604. The lowest BCUT2D eigenvalue weighted by Gasteiger charge is -2.11. The number of benzene rings is 2. The molecule has 2 aromatic carbocycles. The largest absolute Gasteiger partial charge is 0.406 e. The van der Waals surface area contributed by atoms with E-state index in [9.17, 15) is 18.0 Å². The number of halogens is 4. The van der Waals surface area contributed by atoms with Gasteiger partial charge in [0.25, 0.3) is 0 Å². The topological polar surface area (TPSA) is 52.2 Å². The molecule has 2 aromatic heterocycles. The van der Waals surface area contributed by atoms with Crippen molar-refractivity contribution in [2.24, 2.45) is 0 Å². The van der Waals surface area contributed by atoms with Crippen molar-refractivity contribution in [1.82, 2.24) is 19.2 Å². The molecule has 0 N–H and O–H groups in total. The molecule has 4 rings (SSSR count). The zero-order valence-corrected chi connectivity index (χ0v) is 17.0. The van der Waals surface area contributed by atoms with Crippen LogP contribution in [0.4, 0.5) is 13.2 Å². The predicted molar refractivity (Wildman–Crippen MR) is 114 cm³/mol. The minimum atomic E-state index is -4.57. The molecule has 4 aromatic rings. The van der Waals surface area contributed by atoms with Crippen LogP contribution in [0.25, 0.3) is 29.1 Å². The predicted octanol–water partition coefficient (Wildman–Crippen LogP) is 5.25. The third kappa shape index (κ3) is 4.25. The Bertz CT molecular complexity index is 1340. The number of alkyl halides is 3. The molecule has 0 fully saturated rings. The monoisotopic (exact) mass is 444 g/mol. The number of aromatic nitrogens is 4. The Labute approximate surface area is 180 Å². The Morgan fingerprint density at radius 1 is 1.03 bits per heavy atom. The van der Waals surface area contributed by atoms with Gasteiger partial charge in [0.15, 0.2) is 5.65 Å². The van der Waals surface area contributed by atoms with E-state index in [1.54, 1.807) is 30.3 Å². The van der Waals surface area contributed by atoms with Crippen molar-refractivity contribution in [3.8, 4) is 11.3 Å². The highest BCUT2D eigenvalue weighted by Crippen LogP contribution is 2.32. The molecule has 158 valence electrons. The molecule has 0 saturated carbocycles. The van der Waals surface area contributed by atoms with Gasteiger partial charge in [-0.2, -0.15) is 22.8 Å². The van der Waals surface area contributed by atoms with Gasteiger partial charge in [-0.25, -0.2) is 9.78 Å². The number of hydrogen-bond acceptors (Lipinski definition) is 3. The first-order valence-corrected chi connectivity index (χ1v) is 9.67. The second kappa shape index (κ2) is 8.03. The minimum Gasteiger partial charge on any atom is -0.271 e. The van der Waals surface area contributed by atoms with Gasteiger partial charge in [0, 0.05) is 11.1 Å². The van der Waals surface area contributed by atoms with Gasteiger partial charge in [0.1, 0.15) is 18.1 Å². The number of aryl methyl sites for hydroxylation is 1. The third-order valence-corrected chi connectivity index (χ3v) is 5.01. The molecular weight excluding hydrogens is 429 g/mol. The fraction of sp³-hybridized carbons (Fsp3) is 0.136. The summed E-state index contributed by atoms with van der Waals surface area (Å²) in [5, 5.41) is 4.70. The van der Waals surface area contributed by atoms with E-state index >= 15 is 0 Å². The lowest BCUT2D eigenvalue weighted by Crippen LogP contribution is -2.35. The van der Waals surface area contributed by atoms with Crippen LogP contribution in [0.15, 0.2) is 59.4 Å². The first kappa shape index (κ1) is 20.9. The third-order valence-electron chi connectivity index (χ3n) is 4.68. The fourth-order valence-electron chi connectivity index (χ4n) is 3.24. The average Bonchev–Trinajstić information content (AvgIpc) is 3.08. The van der Waals surface area contributed by atoms with Crippen LogP contribution in [0, 0.1) is 6.92 Å². The van der Waals surface area contributed by atoms with Crippen LogP contribution < -0.4 is 5.69 Å². The first-order chi connectivity index (χ1) is 14.7. The Kier molecular flexibility index (Phi) is 5.41. The molecular formula is C22H16ClF3N4O. The van der Waals surface area contributed by atoms with Crippen molar-refractivity contribution in [3.05, 3.63) is 87.1 Å². The van der Waals surface area contributed by atoms with Gasteiger partial charge in [-0.3, -0.25) is 4.57 Å². The van der Waals surface area contributed by atoms with Gasteiger partial charge in [-0.15, -0.1) is 0 Å². The highest BCUT2D eigenvalue weighted by molar-refractivity contribution is 6.33. The van der Waals surface area contributed by atoms with Crippen molar-refractivity contribution >= 4 is 29.4 Å². The summed E-state index contributed by atoms with van der Waals surface area (Å²) in [7, 11) is 0. The molecule has 0 atom stereocenters. The highest BCUT2D eigenvalue weighted by atomic mass is 35.5. The second-order valence-electron chi connectivity index (χ2n) is 6.86. The summed E-state index contributed by atoms with van der Waals surface area (Å²) in [5.74, 6) is -0.0604. The van der Waals surface area contributed by atoms with E-state index < -0.39 is 18.4 Å². The standard InChI is InChI=1S/C22H16ClF3N4O/c1-14-27-20-17(12-11-15-7-3-2-4-8-15)19(16-9-5-6-10-18(16)23)28-30(20)21(31)29(14)13-22(24,25)26/h2-12H,13H2,1H3. The van der Waals surface area contributed by atoms with Crippen LogP contribution in [-0.4, -0.2) is 25.3 Å². The smallest absolute Gasteiger partial charge is 0.271 e. The maximum atomic E-state index is 13.0. The fourth-order valence-corrected chi connectivity index (χ4v) is 3.46. The Morgan fingerprint density at radius 2 is 1.71 bits per heavy atom. The molecule has 9 heteroatoms. The first-order valence-electron chi connectivity index (χ1n) is 9.29. The lowest BCUT2D eigenvalue weighted by molar-refractivity contribution is -0.141. The lowest BCUT2D eigenvalue weighted by atomic mass is 10.1. The molecule has 2 heterocycles. The van der Waals surface area contributed by atoms with Gasteiger partial charge in [-0.1, -0.05) is 66.2 Å². The quantitative estimate of drug-likeness (QED) is 0.432. The molecule has 5 nitrogen and oxygen atoms in total. The molecule has 0 unspecified atom stereocenters. The molecule has 0 spiro atoms. The van der Waals surface area contributed by atoms with Gasteiger partial charge in [0.2, 0.25) is 0 Å². The zero-order valence-electron chi connectivity index (χ0n) is 16.3. The van der Waals surface area contributed by atoms with Gasteiger partial charge >= 0.3 is 11.9 Å². The number of fused-ring (bicyclic) bond motifs is 1. The molecule has 0 aliphatic heterocycles. The van der Waals surface area contributed by atoms with Crippen molar-refractivity contribution in [2.75, 3.05) is 0 Å². The van der Waals surface area contributed by atoms with Crippen LogP contribution >= 0.6 is 11.6 Å². The van der Waals surface area contributed by atoms with Gasteiger partial charge < -0.3 is 0 Å².